The lowest BCUT2D eigenvalue weighted by atomic mass is 9.95. The maximum absolute atomic E-state index is 13.5. The third kappa shape index (κ3) is 5.68. The molecule has 2 fully saturated rings. The van der Waals surface area contributed by atoms with Gasteiger partial charge in [0, 0.05) is 45.0 Å². The third-order valence-corrected chi connectivity index (χ3v) is 7.88. The van der Waals surface area contributed by atoms with Gasteiger partial charge in [0.15, 0.2) is 0 Å². The Kier molecular flexibility index (Phi) is 6.96. The second-order valence-electron chi connectivity index (χ2n) is 8.89. The van der Waals surface area contributed by atoms with Crippen LogP contribution in [0.2, 0.25) is 0 Å². The average molecular weight is 521 g/mol. The van der Waals surface area contributed by atoms with E-state index in [2.05, 4.69) is 20.4 Å². The van der Waals surface area contributed by atoms with Crippen molar-refractivity contribution < 1.29 is 36.2 Å². The van der Waals surface area contributed by atoms with Gasteiger partial charge in [-0.25, -0.2) is 13.4 Å². The molecule has 0 bridgehead atoms. The van der Waals surface area contributed by atoms with Crippen LogP contribution >= 0.6 is 0 Å². The SMILES string of the molecule is Cn1cc(S(=O)(=O)N2CCC(Nc3ncc(C(F)(F)F)c(O[C@H]4CCOC[C@@]4(C)O)n3)CC2)cn1. The van der Waals surface area contributed by atoms with Gasteiger partial charge in [-0.05, 0) is 19.8 Å². The number of ether oxygens (including phenoxy) is 2. The zero-order chi connectivity index (χ0) is 25.4. The third-order valence-electron chi connectivity index (χ3n) is 6.03. The van der Waals surface area contributed by atoms with Crippen molar-refractivity contribution in [2.24, 2.45) is 7.05 Å². The minimum absolute atomic E-state index is 0.0737. The van der Waals surface area contributed by atoms with Crippen molar-refractivity contribution in [2.75, 3.05) is 31.6 Å². The molecule has 2 N–H and O–H groups in total. The predicted molar refractivity (Wildman–Crippen MR) is 116 cm³/mol. The Balaban J connectivity index is 1.45. The zero-order valence-corrected chi connectivity index (χ0v) is 20.0. The van der Waals surface area contributed by atoms with Crippen LogP contribution in [0, 0.1) is 0 Å². The number of hydrogen-bond donors (Lipinski definition) is 2. The number of rotatable bonds is 6. The molecular weight excluding hydrogens is 493 g/mol. The standard InChI is InChI=1S/C20H27F3N6O5S/c1-19(30)12-33-8-5-16(19)34-17-15(20(21,22)23)10-24-18(27-17)26-13-3-6-29(7-4-13)35(31,32)14-9-25-28(2)11-14/h9-11,13,16,30H,3-8,12H2,1-2H3,(H,24,26,27)/t16-,19+/m0/s1. The summed E-state index contributed by atoms with van der Waals surface area (Å²) in [7, 11) is -2.06. The van der Waals surface area contributed by atoms with Gasteiger partial charge in [-0.1, -0.05) is 0 Å². The van der Waals surface area contributed by atoms with Gasteiger partial charge < -0.3 is 19.9 Å². The number of aromatic nitrogens is 4. The molecule has 2 aliphatic rings. The van der Waals surface area contributed by atoms with E-state index in [-0.39, 0.29) is 49.6 Å². The van der Waals surface area contributed by atoms with Crippen LogP contribution in [0.3, 0.4) is 0 Å². The minimum atomic E-state index is -4.75. The fourth-order valence-corrected chi connectivity index (χ4v) is 5.47. The largest absolute Gasteiger partial charge is 0.471 e. The minimum Gasteiger partial charge on any atom is -0.471 e. The maximum Gasteiger partial charge on any atom is 0.423 e. The molecule has 0 saturated carbocycles. The van der Waals surface area contributed by atoms with Crippen LogP contribution in [0.4, 0.5) is 19.1 Å². The molecule has 0 spiro atoms. The first-order valence-corrected chi connectivity index (χ1v) is 12.5. The number of nitrogens with one attached hydrogen (secondary N) is 1. The monoisotopic (exact) mass is 520 g/mol. The summed E-state index contributed by atoms with van der Waals surface area (Å²) in [5.74, 6) is -0.757. The van der Waals surface area contributed by atoms with Gasteiger partial charge in [-0.2, -0.15) is 27.6 Å². The van der Waals surface area contributed by atoms with Crippen LogP contribution < -0.4 is 10.1 Å². The van der Waals surface area contributed by atoms with Crippen molar-refractivity contribution in [2.45, 2.75) is 55.0 Å². The van der Waals surface area contributed by atoms with Crippen LogP contribution in [0.1, 0.15) is 31.7 Å². The number of piperidine rings is 1. The van der Waals surface area contributed by atoms with E-state index in [1.807, 2.05) is 0 Å². The number of halogens is 3. The van der Waals surface area contributed by atoms with Gasteiger partial charge in [0.05, 0.1) is 19.4 Å². The second-order valence-corrected chi connectivity index (χ2v) is 10.8. The van der Waals surface area contributed by atoms with Crippen molar-refractivity contribution in [3.8, 4) is 5.88 Å². The molecule has 0 unspecified atom stereocenters. The Morgan fingerprint density at radius 2 is 1.97 bits per heavy atom. The molecule has 2 atom stereocenters. The molecule has 11 nitrogen and oxygen atoms in total. The molecule has 0 aromatic carbocycles. The highest BCUT2D eigenvalue weighted by Crippen LogP contribution is 2.37. The molecular formula is C20H27F3N6O5S. The molecule has 2 saturated heterocycles. The summed E-state index contributed by atoms with van der Waals surface area (Å²) >= 11 is 0. The van der Waals surface area contributed by atoms with Crippen LogP contribution in [0.25, 0.3) is 0 Å². The second kappa shape index (κ2) is 9.52. The van der Waals surface area contributed by atoms with Crippen molar-refractivity contribution in [1.82, 2.24) is 24.1 Å². The van der Waals surface area contributed by atoms with Gasteiger partial charge in [-0.3, -0.25) is 4.68 Å². The number of hydrogen-bond acceptors (Lipinski definition) is 9. The highest BCUT2D eigenvalue weighted by Gasteiger charge is 2.42. The quantitative estimate of drug-likeness (QED) is 0.580. The van der Waals surface area contributed by atoms with E-state index >= 15 is 0 Å². The summed E-state index contributed by atoms with van der Waals surface area (Å²) in [6.45, 7) is 2.01. The van der Waals surface area contributed by atoms with Crippen LogP contribution in [0.5, 0.6) is 5.88 Å². The molecule has 4 rings (SSSR count). The smallest absolute Gasteiger partial charge is 0.423 e. The summed E-state index contributed by atoms with van der Waals surface area (Å²) in [4.78, 5) is 7.85. The normalized spacial score (nSPS) is 24.9. The summed E-state index contributed by atoms with van der Waals surface area (Å²) in [6.07, 6.45) is -1.36. The lowest BCUT2D eigenvalue weighted by Crippen LogP contribution is -2.51. The van der Waals surface area contributed by atoms with E-state index in [1.165, 1.54) is 28.3 Å². The molecule has 0 aliphatic carbocycles. The van der Waals surface area contributed by atoms with E-state index in [1.54, 1.807) is 7.05 Å². The predicted octanol–water partition coefficient (Wildman–Crippen LogP) is 1.41. The summed E-state index contributed by atoms with van der Waals surface area (Å²) in [6, 6.07) is -0.258. The Hall–Kier alpha value is -2.49. The van der Waals surface area contributed by atoms with E-state index < -0.39 is 39.3 Å². The Labute approximate surface area is 200 Å². The number of nitrogens with zero attached hydrogens (tertiary/aromatic N) is 5. The Morgan fingerprint density at radius 1 is 1.26 bits per heavy atom. The van der Waals surface area contributed by atoms with Gasteiger partial charge >= 0.3 is 6.18 Å². The Morgan fingerprint density at radius 3 is 2.57 bits per heavy atom. The number of anilines is 1. The summed E-state index contributed by atoms with van der Waals surface area (Å²) in [5.41, 5.74) is -2.63. The molecule has 194 valence electrons. The zero-order valence-electron chi connectivity index (χ0n) is 19.2. The lowest BCUT2D eigenvalue weighted by Gasteiger charge is -2.36. The first-order chi connectivity index (χ1) is 16.4. The topological polar surface area (TPSA) is 132 Å². The molecule has 0 radical (unpaired) electrons. The molecule has 2 aromatic heterocycles. The maximum atomic E-state index is 13.5. The highest BCUT2D eigenvalue weighted by atomic mass is 32.2. The molecule has 15 heteroatoms. The van der Waals surface area contributed by atoms with Gasteiger partial charge in [-0.15, -0.1) is 0 Å². The first-order valence-electron chi connectivity index (χ1n) is 11.0. The number of aryl methyl sites for hydroxylation is 1. The Bertz CT molecular complexity index is 1150. The van der Waals surface area contributed by atoms with E-state index in [0.29, 0.717) is 19.0 Å². The van der Waals surface area contributed by atoms with Crippen LogP contribution in [-0.4, -0.2) is 81.6 Å². The fourth-order valence-electron chi connectivity index (χ4n) is 4.02. The number of alkyl halides is 3. The first kappa shape index (κ1) is 25.6. The van der Waals surface area contributed by atoms with Crippen molar-refractivity contribution in [3.63, 3.8) is 0 Å². The van der Waals surface area contributed by atoms with Crippen molar-refractivity contribution >= 4 is 16.0 Å². The van der Waals surface area contributed by atoms with Crippen LogP contribution in [0.15, 0.2) is 23.5 Å². The van der Waals surface area contributed by atoms with Crippen molar-refractivity contribution in [3.05, 3.63) is 24.2 Å². The van der Waals surface area contributed by atoms with Gasteiger partial charge in [0.2, 0.25) is 21.9 Å². The number of aliphatic hydroxyl groups is 1. The highest BCUT2D eigenvalue weighted by molar-refractivity contribution is 7.89. The molecule has 4 heterocycles. The summed E-state index contributed by atoms with van der Waals surface area (Å²) < 4.78 is 79.6. The van der Waals surface area contributed by atoms with Crippen molar-refractivity contribution in [1.29, 1.82) is 0 Å². The molecule has 0 amide bonds. The molecule has 2 aromatic rings. The van der Waals surface area contributed by atoms with E-state index in [4.69, 9.17) is 9.47 Å². The summed E-state index contributed by atoms with van der Waals surface area (Å²) in [5, 5.41) is 17.3. The molecule has 2 aliphatic heterocycles. The number of sulfonamides is 1. The van der Waals surface area contributed by atoms with Crippen LogP contribution in [-0.2, 0) is 28.0 Å². The lowest BCUT2D eigenvalue weighted by molar-refractivity contribution is -0.152. The van der Waals surface area contributed by atoms with E-state index in [0.717, 1.165) is 0 Å². The van der Waals surface area contributed by atoms with Gasteiger partial charge in [0.25, 0.3) is 0 Å². The molecule has 35 heavy (non-hydrogen) atoms. The van der Waals surface area contributed by atoms with E-state index in [9.17, 15) is 26.7 Å². The van der Waals surface area contributed by atoms with Gasteiger partial charge in [0.1, 0.15) is 22.2 Å². The fraction of sp³-hybridized carbons (Fsp3) is 0.650. The average Bonchev–Trinajstić information content (AvgIpc) is 3.22.